The third kappa shape index (κ3) is 2.21. The Balaban J connectivity index is 2.14. The summed E-state index contributed by atoms with van der Waals surface area (Å²) in [6, 6.07) is 9.65. The molecule has 0 saturated heterocycles. The van der Waals surface area contributed by atoms with Gasteiger partial charge in [-0.3, -0.25) is 4.79 Å². The molecule has 0 unspecified atom stereocenters. The van der Waals surface area contributed by atoms with Gasteiger partial charge in [0.1, 0.15) is 0 Å². The molecule has 1 heterocycles. The van der Waals surface area contributed by atoms with Gasteiger partial charge in [0.2, 0.25) is 0 Å². The molecule has 0 atom stereocenters. The van der Waals surface area contributed by atoms with Gasteiger partial charge in [-0.2, -0.15) is 0 Å². The molecule has 0 bridgehead atoms. The Morgan fingerprint density at radius 3 is 2.74 bits per heavy atom. The molecule has 0 amide bonds. The SMILES string of the molecule is CC1(C)CC(=O)c2ccn(-c3cccc(Cl)c3)c2C1. The Morgan fingerprint density at radius 2 is 2.00 bits per heavy atom. The lowest BCUT2D eigenvalue weighted by atomic mass is 9.76. The van der Waals surface area contributed by atoms with Crippen LogP contribution in [0.1, 0.15) is 36.3 Å². The van der Waals surface area contributed by atoms with Crippen LogP contribution in [-0.4, -0.2) is 10.4 Å². The number of aromatic nitrogens is 1. The van der Waals surface area contributed by atoms with E-state index >= 15 is 0 Å². The Morgan fingerprint density at radius 1 is 1.21 bits per heavy atom. The molecular formula is C16H16ClNO. The first-order chi connectivity index (χ1) is 8.96. The number of Topliss-reactive ketones (excluding diaryl/α,β-unsaturated/α-hetero) is 1. The monoisotopic (exact) mass is 273 g/mol. The standard InChI is InChI=1S/C16H16ClNO/c1-16(2)9-14-13(15(19)10-16)6-7-18(14)12-5-3-4-11(17)8-12/h3-8H,9-10H2,1-2H3. The maximum atomic E-state index is 12.2. The number of fused-ring (bicyclic) bond motifs is 1. The van der Waals surface area contributed by atoms with Crippen LogP contribution in [0.4, 0.5) is 0 Å². The Labute approximate surface area is 118 Å². The average molecular weight is 274 g/mol. The first-order valence-corrected chi connectivity index (χ1v) is 6.83. The van der Waals surface area contributed by atoms with Crippen molar-refractivity contribution in [2.75, 3.05) is 0 Å². The van der Waals surface area contributed by atoms with E-state index < -0.39 is 0 Å². The van der Waals surface area contributed by atoms with Gasteiger partial charge in [-0.25, -0.2) is 0 Å². The minimum atomic E-state index is 0.0265. The van der Waals surface area contributed by atoms with Crippen molar-refractivity contribution in [3.05, 3.63) is 52.8 Å². The van der Waals surface area contributed by atoms with E-state index in [2.05, 4.69) is 18.4 Å². The highest BCUT2D eigenvalue weighted by atomic mass is 35.5. The number of halogens is 1. The molecule has 0 aliphatic heterocycles. The molecular weight excluding hydrogens is 258 g/mol. The maximum Gasteiger partial charge on any atom is 0.165 e. The molecule has 19 heavy (non-hydrogen) atoms. The molecule has 0 fully saturated rings. The summed E-state index contributed by atoms with van der Waals surface area (Å²) in [4.78, 5) is 12.2. The van der Waals surface area contributed by atoms with Crippen LogP contribution in [0.25, 0.3) is 5.69 Å². The van der Waals surface area contributed by atoms with Crippen LogP contribution in [0.5, 0.6) is 0 Å². The number of nitrogens with zero attached hydrogens (tertiary/aromatic N) is 1. The van der Waals surface area contributed by atoms with Gasteiger partial charge in [-0.1, -0.05) is 31.5 Å². The molecule has 0 spiro atoms. The summed E-state index contributed by atoms with van der Waals surface area (Å²) in [6.45, 7) is 4.28. The summed E-state index contributed by atoms with van der Waals surface area (Å²) in [5, 5.41) is 0.710. The van der Waals surface area contributed by atoms with E-state index in [1.165, 1.54) is 0 Å². The van der Waals surface area contributed by atoms with E-state index in [0.717, 1.165) is 23.4 Å². The van der Waals surface area contributed by atoms with Crippen molar-refractivity contribution in [3.8, 4) is 5.69 Å². The molecule has 1 aromatic heterocycles. The fourth-order valence-electron chi connectivity index (χ4n) is 2.81. The fraction of sp³-hybridized carbons (Fsp3) is 0.312. The minimum Gasteiger partial charge on any atom is -0.320 e. The zero-order valence-electron chi connectivity index (χ0n) is 11.1. The number of hydrogen-bond acceptors (Lipinski definition) is 1. The van der Waals surface area contributed by atoms with Crippen molar-refractivity contribution in [2.45, 2.75) is 26.7 Å². The van der Waals surface area contributed by atoms with E-state index in [1.54, 1.807) is 0 Å². The van der Waals surface area contributed by atoms with Crippen LogP contribution in [0.2, 0.25) is 5.02 Å². The zero-order chi connectivity index (χ0) is 13.6. The quantitative estimate of drug-likeness (QED) is 0.760. The normalized spacial score (nSPS) is 17.3. The second kappa shape index (κ2) is 4.24. The van der Waals surface area contributed by atoms with Crippen molar-refractivity contribution in [3.63, 3.8) is 0 Å². The molecule has 2 aromatic rings. The van der Waals surface area contributed by atoms with Crippen molar-refractivity contribution in [1.29, 1.82) is 0 Å². The molecule has 0 N–H and O–H groups in total. The lowest BCUT2D eigenvalue weighted by Crippen LogP contribution is -2.27. The summed E-state index contributed by atoms with van der Waals surface area (Å²) in [5.41, 5.74) is 3.00. The molecule has 0 radical (unpaired) electrons. The number of ketones is 1. The van der Waals surface area contributed by atoms with E-state index in [9.17, 15) is 4.79 Å². The highest BCUT2D eigenvalue weighted by Gasteiger charge is 2.33. The first-order valence-electron chi connectivity index (χ1n) is 6.46. The molecule has 1 aliphatic carbocycles. The molecule has 0 saturated carbocycles. The largest absolute Gasteiger partial charge is 0.320 e. The second-order valence-corrected chi connectivity index (χ2v) is 6.40. The van der Waals surface area contributed by atoms with E-state index in [1.807, 2.05) is 36.5 Å². The summed E-state index contributed by atoms with van der Waals surface area (Å²) in [7, 11) is 0. The third-order valence-electron chi connectivity index (χ3n) is 3.66. The molecule has 3 heteroatoms. The van der Waals surface area contributed by atoms with E-state index in [4.69, 9.17) is 11.6 Å². The minimum absolute atomic E-state index is 0.0265. The Hall–Kier alpha value is -1.54. The van der Waals surface area contributed by atoms with Gasteiger partial charge in [-0.05, 0) is 36.1 Å². The molecule has 1 aromatic carbocycles. The van der Waals surface area contributed by atoms with Crippen molar-refractivity contribution < 1.29 is 4.79 Å². The zero-order valence-corrected chi connectivity index (χ0v) is 11.9. The lowest BCUT2D eigenvalue weighted by molar-refractivity contribution is 0.0911. The summed E-state index contributed by atoms with van der Waals surface area (Å²) in [6.07, 6.45) is 3.50. The van der Waals surface area contributed by atoms with Gasteiger partial charge in [0.25, 0.3) is 0 Å². The van der Waals surface area contributed by atoms with Crippen molar-refractivity contribution in [2.24, 2.45) is 5.41 Å². The van der Waals surface area contributed by atoms with Crippen molar-refractivity contribution >= 4 is 17.4 Å². The van der Waals surface area contributed by atoms with Gasteiger partial charge in [0, 0.05) is 34.6 Å². The molecule has 1 aliphatic rings. The van der Waals surface area contributed by atoms with Gasteiger partial charge in [-0.15, -0.1) is 0 Å². The summed E-state index contributed by atoms with van der Waals surface area (Å²) < 4.78 is 2.08. The van der Waals surface area contributed by atoms with Crippen LogP contribution >= 0.6 is 11.6 Å². The van der Waals surface area contributed by atoms with Gasteiger partial charge in [0.15, 0.2) is 5.78 Å². The van der Waals surface area contributed by atoms with Crippen LogP contribution in [0.3, 0.4) is 0 Å². The van der Waals surface area contributed by atoms with Crippen LogP contribution < -0.4 is 0 Å². The topological polar surface area (TPSA) is 22.0 Å². The molecule has 3 rings (SSSR count). The van der Waals surface area contributed by atoms with Gasteiger partial charge < -0.3 is 4.57 Å². The molecule has 98 valence electrons. The highest BCUT2D eigenvalue weighted by Crippen LogP contribution is 2.36. The van der Waals surface area contributed by atoms with Crippen LogP contribution in [0.15, 0.2) is 36.5 Å². The van der Waals surface area contributed by atoms with Crippen LogP contribution in [0, 0.1) is 5.41 Å². The highest BCUT2D eigenvalue weighted by molar-refractivity contribution is 6.30. The fourth-order valence-corrected chi connectivity index (χ4v) is 3.00. The van der Waals surface area contributed by atoms with Crippen molar-refractivity contribution in [1.82, 2.24) is 4.57 Å². The third-order valence-corrected chi connectivity index (χ3v) is 3.90. The van der Waals surface area contributed by atoms with Gasteiger partial charge >= 0.3 is 0 Å². The number of benzene rings is 1. The summed E-state index contributed by atoms with van der Waals surface area (Å²) >= 11 is 6.05. The Bertz CT molecular complexity index is 655. The second-order valence-electron chi connectivity index (χ2n) is 5.97. The predicted octanol–water partition coefficient (Wildman–Crippen LogP) is 4.29. The number of hydrogen-bond donors (Lipinski definition) is 0. The maximum absolute atomic E-state index is 12.2. The van der Waals surface area contributed by atoms with E-state index in [-0.39, 0.29) is 11.2 Å². The lowest BCUT2D eigenvalue weighted by Gasteiger charge is -2.29. The Kier molecular flexibility index (Phi) is 2.79. The molecule has 2 nitrogen and oxygen atoms in total. The summed E-state index contributed by atoms with van der Waals surface area (Å²) in [5.74, 6) is 0.243. The first kappa shape index (κ1) is 12.5. The smallest absolute Gasteiger partial charge is 0.165 e. The van der Waals surface area contributed by atoms with Crippen LogP contribution in [-0.2, 0) is 6.42 Å². The number of rotatable bonds is 1. The average Bonchev–Trinajstić information content (AvgIpc) is 2.71. The van der Waals surface area contributed by atoms with Gasteiger partial charge in [0.05, 0.1) is 0 Å². The van der Waals surface area contributed by atoms with E-state index in [0.29, 0.717) is 11.4 Å². The number of carbonyl (C=O) groups is 1. The predicted molar refractivity (Wildman–Crippen MR) is 77.2 cm³/mol. The number of carbonyl (C=O) groups excluding carboxylic acids is 1.